The number of hydrogen-bond donors (Lipinski definition) is 10. The topological polar surface area (TPSA) is 581 Å². The van der Waals surface area contributed by atoms with Crippen LogP contribution in [0.25, 0.3) is 112 Å². The van der Waals surface area contributed by atoms with Gasteiger partial charge >= 0.3 is 23.9 Å². The van der Waals surface area contributed by atoms with Crippen molar-refractivity contribution in [2.24, 2.45) is 0 Å². The van der Waals surface area contributed by atoms with E-state index in [-0.39, 0.29) is 54.9 Å². The number of carboxylic acids is 4. The predicted octanol–water partition coefficient (Wildman–Crippen LogP) is 8.30. The van der Waals surface area contributed by atoms with Gasteiger partial charge in [0.15, 0.2) is 67.9 Å². The molecule has 0 amide bonds. The number of aromatic hydroxyl groups is 5. The smallest absolute Gasteiger partial charge is 0.323 e. The first kappa shape index (κ1) is 92.6. The minimum atomic E-state index is -1.01. The lowest BCUT2D eigenvalue weighted by atomic mass is 10.2. The number of imidazole rings is 4. The van der Waals surface area contributed by atoms with Crippen molar-refractivity contribution in [2.75, 3.05) is 157 Å². The third-order valence-electron chi connectivity index (χ3n) is 25.6. The molecule has 24 rings (SSSR count). The van der Waals surface area contributed by atoms with Crippen LogP contribution in [0, 0.1) is 11.3 Å². The molecule has 48 nitrogen and oxygen atoms in total. The van der Waals surface area contributed by atoms with Gasteiger partial charge in [-0.15, -0.1) is 0 Å². The largest absolute Gasteiger partial charge is 0.508 e. The number of piperazine rings is 4. The van der Waals surface area contributed by atoms with Crippen molar-refractivity contribution >= 4 is 164 Å². The summed E-state index contributed by atoms with van der Waals surface area (Å²) in [5.74, 6) is 1.39. The number of anilines is 9. The monoisotopic (exact) mass is 1970 g/mol. The van der Waals surface area contributed by atoms with E-state index < -0.39 is 23.9 Å². The van der Waals surface area contributed by atoms with Crippen LogP contribution in [0.4, 0.5) is 52.2 Å². The molecule has 20 aromatic rings. The Balaban J connectivity index is 0.000000114. The number of nitriles is 1. The van der Waals surface area contributed by atoms with E-state index in [0.717, 1.165) is 100 Å². The van der Waals surface area contributed by atoms with Gasteiger partial charge in [0.05, 0.1) is 96.3 Å². The maximum Gasteiger partial charge on any atom is 0.323 e. The number of ether oxygens (including phenoxy) is 1. The second-order valence-corrected chi connectivity index (χ2v) is 34.6. The van der Waals surface area contributed by atoms with E-state index >= 15 is 0 Å². The first-order valence-electron chi connectivity index (χ1n) is 46.2. The second-order valence-electron chi connectivity index (χ2n) is 34.6. The van der Waals surface area contributed by atoms with Crippen molar-refractivity contribution in [3.63, 3.8) is 0 Å². The zero-order valence-corrected chi connectivity index (χ0v) is 77.8. The minimum absolute atomic E-state index is 0.103. The standard InChI is InChI=1S/C25H21N9O3.C25H24N8O4.C24H23N9O3.C24H22N8O4/c26-12-16-1-6-20-17(11-16)13-28-34(20)24-22-23(33(15-27-22)14-21(36)37)29-25(30-24)32-9-7-31(8-10-32)18-2-4-19(35)5-3-18;1-37-19-6-7-20-16(12-19)13-27-33(20)24-22-23(32(15-26-22)14-21(35)36)28-25(29-24)31-10-8-30(9-11-31)17-2-4-18(34)5-3-17;25-18-2-1-3-19-17(18)12-27-33(19)23-21-22(32(14-26-21)13-20(35)36)28-24(29-23)31-10-8-30(9-11-31)15-4-6-16(34)7-5-15;33-16-6-4-15(5-7-16)29-8-10-30(11-9-29)24-27-22-21(25-14-31(22)13-20(35)36)23(28-24)32-18-2-1-3-19(34)17(18)12-26-32/h1-6,11,13,15,35H,7-10,14H2,(H,36,37);2-7,12-13,15,34H,8-11,14H2,1H3,(H,35,36);1-7,12,14,34H,8-11,13,25H2,(H,35,36);1-7,12,14,33-34H,8-11,13H2,(H,35,36). The van der Waals surface area contributed by atoms with Gasteiger partial charge in [0, 0.05) is 149 Å². The predicted molar refractivity (Wildman–Crippen MR) is 538 cm³/mol. The SMILES string of the molecule is COc1ccc2c(cnn2-c2nc(N3CCN(c4ccc(O)cc4)CC3)nc3c2ncn3CC(=O)O)c1.N#Cc1ccc2c(cnn2-c2nc(N3CCN(c4ccc(O)cc4)CC3)nc3c2ncn3CC(=O)O)c1.Nc1cccc2c1cnn2-c1nc(N2CCN(c3ccc(O)cc3)CC2)nc2c1ncn2CC(=O)O.O=C(O)Cn1cnc2c(-n3ncc4c(O)cccc43)nc(N3CCN(c4ccc(O)cc4)CC3)nc21. The summed E-state index contributed by atoms with van der Waals surface area (Å²) < 4.78 is 17.9. The summed E-state index contributed by atoms with van der Waals surface area (Å²) in [6, 6.07) is 52.2. The average molecular weight is 1970 g/mol. The number of aromatic nitrogens is 24. The van der Waals surface area contributed by atoms with Gasteiger partial charge in [-0.05, 0) is 158 Å². The molecule has 4 aliphatic heterocycles. The number of aliphatic carboxylic acids is 4. The van der Waals surface area contributed by atoms with Crippen LogP contribution in [0.15, 0.2) is 220 Å². The van der Waals surface area contributed by atoms with E-state index in [9.17, 15) is 70.4 Å². The highest BCUT2D eigenvalue weighted by atomic mass is 16.5. The molecule has 12 aromatic heterocycles. The number of benzene rings is 8. The molecule has 4 saturated heterocycles. The third-order valence-corrected chi connectivity index (χ3v) is 25.6. The fourth-order valence-corrected chi connectivity index (χ4v) is 18.2. The quantitative estimate of drug-likeness (QED) is 0.0302. The molecule has 4 fully saturated rings. The summed E-state index contributed by atoms with van der Waals surface area (Å²) in [7, 11) is 1.61. The normalized spacial score (nSPS) is 14.0. The van der Waals surface area contributed by atoms with Crippen molar-refractivity contribution in [3.8, 4) is 63.8 Å². The zero-order chi connectivity index (χ0) is 101. The maximum atomic E-state index is 11.5. The Bertz CT molecular complexity index is 8150. The highest BCUT2D eigenvalue weighted by molar-refractivity contribution is 5.95. The average Bonchev–Trinajstić information content (AvgIpc) is 1.62. The van der Waals surface area contributed by atoms with Gasteiger partial charge in [0.1, 0.15) is 60.7 Å². The fraction of sp³-hybridized carbons (Fsp3) is 0.214. The number of carbonyl (C=O) groups is 4. The molecule has 4 aliphatic rings. The minimum Gasteiger partial charge on any atom is -0.508 e. The van der Waals surface area contributed by atoms with Crippen LogP contribution >= 0.6 is 0 Å². The summed E-state index contributed by atoms with van der Waals surface area (Å²) in [5, 5.41) is 116. The molecule has 16 heterocycles. The van der Waals surface area contributed by atoms with Gasteiger partial charge in [-0.1, -0.05) is 12.1 Å². The van der Waals surface area contributed by atoms with Crippen LogP contribution in [-0.4, -0.2) is 299 Å². The lowest BCUT2D eigenvalue weighted by Crippen LogP contribution is -2.47. The molecule has 0 atom stereocenters. The highest BCUT2D eigenvalue weighted by Gasteiger charge is 2.32. The summed E-state index contributed by atoms with van der Waals surface area (Å²) in [4.78, 5) is 119. The number of nitrogens with zero attached hydrogens (tertiary/aromatic N) is 33. The lowest BCUT2D eigenvalue weighted by Gasteiger charge is -2.36. The van der Waals surface area contributed by atoms with Crippen LogP contribution < -0.4 is 49.7 Å². The molecular weight excluding hydrogens is 1880 g/mol. The number of nitrogen functional groups attached to an aromatic ring is 1. The number of nitrogens with two attached hydrogens (primary N) is 1. The highest BCUT2D eigenvalue weighted by Crippen LogP contribution is 2.37. The van der Waals surface area contributed by atoms with Gasteiger partial charge in [0.25, 0.3) is 0 Å². The number of methoxy groups -OCH3 is 1. The molecule has 11 N–H and O–H groups in total. The maximum absolute atomic E-state index is 11.5. The van der Waals surface area contributed by atoms with Gasteiger partial charge in [-0.25, -0.2) is 38.7 Å². The van der Waals surface area contributed by atoms with E-state index in [1.165, 1.54) is 43.6 Å². The van der Waals surface area contributed by atoms with E-state index in [1.54, 1.807) is 129 Å². The molecule has 146 heavy (non-hydrogen) atoms. The molecule has 0 unspecified atom stereocenters. The Morgan fingerprint density at radius 3 is 0.945 bits per heavy atom. The number of phenols is 5. The summed E-state index contributed by atoms with van der Waals surface area (Å²) in [6.45, 7) is 9.91. The molecular formula is C98H90N34O14. The van der Waals surface area contributed by atoms with Crippen LogP contribution in [-0.2, 0) is 45.4 Å². The fourth-order valence-electron chi connectivity index (χ4n) is 18.2. The Kier molecular flexibility index (Phi) is 24.8. The van der Waals surface area contributed by atoms with Gasteiger partial charge in [-0.3, -0.25) is 19.2 Å². The molecule has 0 spiro atoms. The Labute approximate surface area is 824 Å². The first-order valence-corrected chi connectivity index (χ1v) is 46.2. The molecule has 48 heteroatoms. The number of phenolic OH excluding ortho intramolecular Hbond substituents is 5. The molecule has 736 valence electrons. The number of fused-ring (bicyclic) bond motifs is 8. The summed E-state index contributed by atoms with van der Waals surface area (Å²) in [5.41, 5.74) is 17.8. The van der Waals surface area contributed by atoms with Gasteiger partial charge in [0.2, 0.25) is 23.8 Å². The third kappa shape index (κ3) is 18.6. The van der Waals surface area contributed by atoms with E-state index in [4.69, 9.17) is 50.3 Å². The molecule has 0 aliphatic carbocycles. The Hall–Kier alpha value is -19.8. The molecule has 8 aromatic carbocycles. The van der Waals surface area contributed by atoms with Gasteiger partial charge in [-0.2, -0.15) is 65.5 Å². The van der Waals surface area contributed by atoms with E-state index in [1.807, 2.05) is 95.9 Å². The van der Waals surface area contributed by atoms with Crippen LogP contribution in [0.2, 0.25) is 0 Å². The van der Waals surface area contributed by atoms with Crippen molar-refractivity contribution < 1.29 is 69.9 Å². The number of carboxylic acid groups (broad SMARTS) is 4. The van der Waals surface area contributed by atoms with Crippen LogP contribution in [0.5, 0.6) is 34.5 Å². The first-order chi connectivity index (χ1) is 70.9. The zero-order valence-electron chi connectivity index (χ0n) is 77.8. The number of hydrogen-bond acceptors (Lipinski definition) is 36. The Morgan fingerprint density at radius 1 is 0.336 bits per heavy atom. The summed E-state index contributed by atoms with van der Waals surface area (Å²) in [6.07, 6.45) is 12.5. The number of rotatable bonds is 21. The van der Waals surface area contributed by atoms with E-state index in [0.29, 0.717) is 179 Å². The van der Waals surface area contributed by atoms with Crippen molar-refractivity contribution in [2.45, 2.75) is 26.2 Å². The van der Waals surface area contributed by atoms with Crippen LogP contribution in [0.1, 0.15) is 5.56 Å². The molecule has 0 radical (unpaired) electrons. The van der Waals surface area contributed by atoms with Gasteiger partial charge < -0.3 is 114 Å². The second kappa shape index (κ2) is 39.1. The van der Waals surface area contributed by atoms with E-state index in [2.05, 4.69) is 80.7 Å². The summed E-state index contributed by atoms with van der Waals surface area (Å²) >= 11 is 0. The Morgan fingerprint density at radius 2 is 0.623 bits per heavy atom. The van der Waals surface area contributed by atoms with Crippen molar-refractivity contribution in [1.82, 2.24) is 117 Å². The molecule has 0 saturated carbocycles. The molecule has 0 bridgehead atoms. The van der Waals surface area contributed by atoms with Crippen molar-refractivity contribution in [3.05, 3.63) is 226 Å². The lowest BCUT2D eigenvalue weighted by molar-refractivity contribution is -0.138. The van der Waals surface area contributed by atoms with Crippen molar-refractivity contribution in [1.29, 1.82) is 5.26 Å². The van der Waals surface area contributed by atoms with Crippen LogP contribution in [0.3, 0.4) is 0 Å².